The molecule has 0 bridgehead atoms. The van der Waals surface area contributed by atoms with E-state index in [4.69, 9.17) is 4.43 Å². The van der Waals surface area contributed by atoms with Crippen molar-refractivity contribution in [1.82, 2.24) is 0 Å². The molecule has 6 heteroatoms. The molecule has 0 atom stereocenters. The van der Waals surface area contributed by atoms with Gasteiger partial charge in [-0.3, -0.25) is 0 Å². The Hall–Kier alpha value is -0.483. The van der Waals surface area contributed by atoms with Crippen LogP contribution in [-0.4, -0.2) is 20.4 Å². The Morgan fingerprint density at radius 3 is 1.60 bits per heavy atom. The van der Waals surface area contributed by atoms with E-state index < -0.39 is 8.32 Å². The fourth-order valence-corrected chi connectivity index (χ4v) is 4.73. The van der Waals surface area contributed by atoms with Crippen LogP contribution >= 0.6 is 0 Å². The van der Waals surface area contributed by atoms with Gasteiger partial charge in [0.25, 0.3) is 0 Å². The van der Waals surface area contributed by atoms with Crippen molar-refractivity contribution in [2.75, 3.05) is 6.61 Å². The van der Waals surface area contributed by atoms with Crippen LogP contribution in [-0.2, 0) is 27.8 Å². The van der Waals surface area contributed by atoms with Crippen LogP contribution in [0.5, 0.6) is 0 Å². The average Bonchev–Trinajstić information content (AvgIpc) is 3.30. The molecular weight excluding hydrogens is 523 g/mol. The minimum Gasteiger partial charge on any atom is -1.00 e. The van der Waals surface area contributed by atoms with E-state index in [0.29, 0.717) is 0 Å². The molecule has 0 amide bonds. The molecule has 0 unspecified atom stereocenters. The Morgan fingerprint density at radius 2 is 1.23 bits per heavy atom. The van der Waals surface area contributed by atoms with Gasteiger partial charge in [0.05, 0.1) is 0 Å². The molecule has 0 saturated carbocycles. The molecule has 0 aromatic heterocycles. The van der Waals surface area contributed by atoms with Crippen molar-refractivity contribution in [2.24, 2.45) is 0 Å². The van der Waals surface area contributed by atoms with Gasteiger partial charge in [-0.25, -0.2) is 0 Å². The van der Waals surface area contributed by atoms with Gasteiger partial charge >= 0.3 is 80.4 Å². The second-order valence-corrected chi connectivity index (χ2v) is 20.7. The first-order chi connectivity index (χ1) is 13.3. The topological polar surface area (TPSA) is 9.23 Å². The summed E-state index contributed by atoms with van der Waals surface area (Å²) in [6.07, 6.45) is 0. The summed E-state index contributed by atoms with van der Waals surface area (Å²) in [4.78, 5) is 0. The van der Waals surface area contributed by atoms with E-state index in [1.54, 1.807) is 23.3 Å². The normalized spacial score (nSPS) is 10.1. The smallest absolute Gasteiger partial charge is 0.0809 e. The average molecular weight is 553 g/mol. The second-order valence-electron chi connectivity index (χ2n) is 7.80. The number of fused-ring (bicyclic) bond motifs is 2. The van der Waals surface area contributed by atoms with Crippen molar-refractivity contribution in [3.05, 3.63) is 84.9 Å². The maximum absolute atomic E-state index is 5.72. The molecule has 1 nitrogen and oxygen atoms in total. The van der Waals surface area contributed by atoms with Crippen LogP contribution in [0.25, 0.3) is 21.5 Å². The number of hydrogen-bond donors (Lipinski definition) is 0. The van der Waals surface area contributed by atoms with E-state index in [1.807, 2.05) is 0 Å². The molecular formula is C24H30Cl2OSi2Zr-2. The first-order valence-electron chi connectivity index (χ1n) is 9.74. The molecule has 0 radical (unpaired) electrons. The predicted octanol–water partition coefficient (Wildman–Crippen LogP) is 1.13. The summed E-state index contributed by atoms with van der Waals surface area (Å²) in [5, 5.41) is 5.32. The van der Waals surface area contributed by atoms with Crippen molar-refractivity contribution in [1.29, 1.82) is 0 Å². The van der Waals surface area contributed by atoms with E-state index in [2.05, 4.69) is 111 Å². The quantitative estimate of drug-likeness (QED) is 0.273. The Kier molecular flexibility index (Phi) is 15.1. The van der Waals surface area contributed by atoms with Crippen molar-refractivity contribution >= 4 is 35.3 Å². The zero-order valence-electron chi connectivity index (χ0n) is 18.2. The van der Waals surface area contributed by atoms with Crippen LogP contribution in [0.2, 0.25) is 32.2 Å². The third kappa shape index (κ3) is 11.8. The van der Waals surface area contributed by atoms with Crippen LogP contribution in [0.4, 0.5) is 0 Å². The molecule has 0 aliphatic carbocycles. The largest absolute Gasteiger partial charge is 1.00 e. The Morgan fingerprint density at radius 1 is 0.800 bits per heavy atom. The van der Waals surface area contributed by atoms with Gasteiger partial charge in [-0.05, 0) is 0 Å². The van der Waals surface area contributed by atoms with E-state index in [9.17, 15) is 0 Å². The fourth-order valence-electron chi connectivity index (χ4n) is 2.65. The van der Waals surface area contributed by atoms with E-state index in [0.717, 1.165) is 6.61 Å². The number of halogens is 2. The summed E-state index contributed by atoms with van der Waals surface area (Å²) in [5.74, 6) is 0. The van der Waals surface area contributed by atoms with Gasteiger partial charge in [0.15, 0.2) is 0 Å². The molecule has 4 aromatic carbocycles. The molecule has 30 heavy (non-hydrogen) atoms. The molecule has 0 fully saturated rings. The van der Waals surface area contributed by atoms with Crippen LogP contribution in [0, 0.1) is 0 Å². The summed E-state index contributed by atoms with van der Waals surface area (Å²) in [5.41, 5.74) is 0.0305. The van der Waals surface area contributed by atoms with Crippen molar-refractivity contribution in [3.63, 3.8) is 0 Å². The van der Waals surface area contributed by atoms with Crippen LogP contribution in [0.1, 0.15) is 0 Å². The molecule has 0 spiro atoms. The molecule has 0 aliphatic heterocycles. The zero-order chi connectivity index (χ0) is 20.4. The summed E-state index contributed by atoms with van der Waals surface area (Å²) < 4.78 is 5.72. The Labute approximate surface area is 210 Å². The van der Waals surface area contributed by atoms with E-state index >= 15 is 0 Å². The minimum atomic E-state index is -1.20. The summed E-state index contributed by atoms with van der Waals surface area (Å²) in [6, 6.07) is 30.7. The standard InChI is InChI=1S/2C9H7.C6H16OSi2.2ClH.Zr/c2*1-2-5-9-7-3-6-8(9)4-1;1-8-6-5-7-9(2,3)4;;;/h2*1-7H;5-6H2,1-4H3;2*1H;/q2*-1;;;;+2/p-2. The van der Waals surface area contributed by atoms with Gasteiger partial charge in [-0.15, -0.1) is 59.3 Å². The Bertz CT molecular complexity index is 863. The monoisotopic (exact) mass is 550 g/mol. The number of hydrogen-bond acceptors (Lipinski definition) is 1. The summed E-state index contributed by atoms with van der Waals surface area (Å²) >= 11 is 1.73. The molecule has 0 heterocycles. The molecule has 0 N–H and O–H groups in total. The van der Waals surface area contributed by atoms with Gasteiger partial charge < -0.3 is 24.8 Å². The van der Waals surface area contributed by atoms with Gasteiger partial charge in [0.2, 0.25) is 0 Å². The third-order valence-electron chi connectivity index (χ3n) is 4.11. The van der Waals surface area contributed by atoms with Crippen LogP contribution in [0.3, 0.4) is 0 Å². The molecule has 4 rings (SSSR count). The van der Waals surface area contributed by atoms with Crippen LogP contribution < -0.4 is 24.8 Å². The van der Waals surface area contributed by atoms with Gasteiger partial charge in [0, 0.05) is 0 Å². The van der Waals surface area contributed by atoms with Crippen LogP contribution in [0.15, 0.2) is 84.9 Å². The molecule has 4 aromatic rings. The zero-order valence-corrected chi connectivity index (χ0v) is 24.1. The summed E-state index contributed by atoms with van der Waals surface area (Å²) in [7, 11) is -1.20. The maximum Gasteiger partial charge on any atom is -0.0809 e. The Balaban J connectivity index is 0.000000407. The second kappa shape index (κ2) is 15.3. The molecule has 0 saturated heterocycles. The van der Waals surface area contributed by atoms with Crippen molar-refractivity contribution in [2.45, 2.75) is 32.2 Å². The van der Waals surface area contributed by atoms with Gasteiger partial charge in [-0.1, -0.05) is 12.1 Å². The molecule has 160 valence electrons. The fraction of sp³-hybridized carbons (Fsp3) is 0.250. The SMILES string of the molecule is C[Si](=[Zr+2])CCO[Si](C)(C)C.[Cl-].[Cl-].c1ccc2[cH-]ccc2c1.c1ccc2[cH-]ccc2c1. The van der Waals surface area contributed by atoms with E-state index in [-0.39, 0.29) is 30.2 Å². The predicted molar refractivity (Wildman–Crippen MR) is 125 cm³/mol. The van der Waals surface area contributed by atoms with E-state index in [1.165, 1.54) is 27.6 Å². The number of benzene rings is 2. The third-order valence-corrected chi connectivity index (χ3v) is 7.98. The van der Waals surface area contributed by atoms with Crippen molar-refractivity contribution in [3.8, 4) is 0 Å². The first-order valence-corrected chi connectivity index (χ1v) is 19.0. The van der Waals surface area contributed by atoms with Crippen molar-refractivity contribution < 1.29 is 52.6 Å². The first kappa shape index (κ1) is 29.5. The maximum atomic E-state index is 5.72. The van der Waals surface area contributed by atoms with Gasteiger partial charge in [0.1, 0.15) is 0 Å². The molecule has 0 aliphatic rings. The van der Waals surface area contributed by atoms with Gasteiger partial charge in [-0.2, -0.15) is 35.0 Å². The minimum absolute atomic E-state index is 0. The summed E-state index contributed by atoms with van der Waals surface area (Å²) in [6.45, 7) is 10.1. The number of rotatable bonds is 4.